The molecule has 0 spiro atoms. The van der Waals surface area contributed by atoms with Crippen molar-refractivity contribution in [2.75, 3.05) is 20.2 Å². The van der Waals surface area contributed by atoms with Gasteiger partial charge in [-0.05, 0) is 43.7 Å². The van der Waals surface area contributed by atoms with Crippen LogP contribution in [0.5, 0.6) is 5.75 Å². The van der Waals surface area contributed by atoms with E-state index in [4.69, 9.17) is 4.74 Å². The summed E-state index contributed by atoms with van der Waals surface area (Å²) in [6.07, 6.45) is 2.62. The number of ether oxygens (including phenoxy) is 1. The molecule has 0 saturated carbocycles. The lowest BCUT2D eigenvalue weighted by atomic mass is 10.2. The summed E-state index contributed by atoms with van der Waals surface area (Å²) in [7, 11) is 1.70. The van der Waals surface area contributed by atoms with Crippen LogP contribution in [0.25, 0.3) is 0 Å². The molecule has 0 bridgehead atoms. The Morgan fingerprint density at radius 2 is 2.13 bits per heavy atom. The molecule has 0 amide bonds. The van der Waals surface area contributed by atoms with Crippen molar-refractivity contribution in [2.45, 2.75) is 23.0 Å². The molecule has 0 radical (unpaired) electrons. The first-order valence-corrected chi connectivity index (χ1v) is 6.28. The lowest BCUT2D eigenvalue weighted by Crippen LogP contribution is -2.31. The number of methoxy groups -OCH3 is 1. The van der Waals surface area contributed by atoms with Crippen LogP contribution in [0, 0.1) is 0 Å². The van der Waals surface area contributed by atoms with Gasteiger partial charge in [-0.25, -0.2) is 0 Å². The quantitative estimate of drug-likeness (QED) is 0.851. The minimum atomic E-state index is 0.729. The molecule has 1 aliphatic rings. The van der Waals surface area contributed by atoms with Gasteiger partial charge in [-0.1, -0.05) is 0 Å². The summed E-state index contributed by atoms with van der Waals surface area (Å²) in [5, 5.41) is 4.16. The van der Waals surface area contributed by atoms with Crippen LogP contribution in [-0.2, 0) is 0 Å². The Hall–Kier alpha value is -0.670. The van der Waals surface area contributed by atoms with Crippen molar-refractivity contribution in [1.29, 1.82) is 0 Å². The van der Waals surface area contributed by atoms with Crippen molar-refractivity contribution < 1.29 is 4.74 Å². The predicted octanol–water partition coefficient (Wildman–Crippen LogP) is 2.54. The molecule has 1 aromatic carbocycles. The molecule has 82 valence electrons. The van der Waals surface area contributed by atoms with E-state index in [1.54, 1.807) is 7.11 Å². The molecule has 15 heavy (non-hydrogen) atoms. The SMILES string of the molecule is COc1ccc(S[C@@H]2CCCNC2)cc1. The number of rotatable bonds is 3. The van der Waals surface area contributed by atoms with Gasteiger partial charge < -0.3 is 10.1 Å². The van der Waals surface area contributed by atoms with E-state index in [1.165, 1.54) is 24.3 Å². The Bertz CT molecular complexity index is 293. The van der Waals surface area contributed by atoms with Crippen molar-refractivity contribution in [1.82, 2.24) is 5.32 Å². The number of benzene rings is 1. The molecule has 1 fully saturated rings. The Labute approximate surface area is 95.4 Å². The maximum Gasteiger partial charge on any atom is 0.118 e. The topological polar surface area (TPSA) is 21.3 Å². The number of piperidine rings is 1. The normalized spacial score (nSPS) is 21.3. The highest BCUT2D eigenvalue weighted by Crippen LogP contribution is 2.28. The van der Waals surface area contributed by atoms with Gasteiger partial charge in [0.05, 0.1) is 7.11 Å². The van der Waals surface area contributed by atoms with Crippen LogP contribution in [-0.4, -0.2) is 25.4 Å². The number of hydrogen-bond donors (Lipinski definition) is 1. The molecule has 2 rings (SSSR count). The Morgan fingerprint density at radius 1 is 1.33 bits per heavy atom. The van der Waals surface area contributed by atoms with Gasteiger partial charge >= 0.3 is 0 Å². The molecular formula is C12H17NOS. The monoisotopic (exact) mass is 223 g/mol. The molecular weight excluding hydrogens is 206 g/mol. The molecule has 0 aromatic heterocycles. The summed E-state index contributed by atoms with van der Waals surface area (Å²) < 4.78 is 5.14. The lowest BCUT2D eigenvalue weighted by molar-refractivity contribution is 0.414. The first kappa shape index (κ1) is 10.8. The third-order valence-corrected chi connectivity index (χ3v) is 3.89. The zero-order chi connectivity index (χ0) is 10.5. The van der Waals surface area contributed by atoms with Gasteiger partial charge in [-0.2, -0.15) is 0 Å². The van der Waals surface area contributed by atoms with E-state index in [0.717, 1.165) is 17.5 Å². The number of nitrogens with one attached hydrogen (secondary N) is 1. The molecule has 1 saturated heterocycles. The maximum atomic E-state index is 5.14. The fourth-order valence-corrected chi connectivity index (χ4v) is 2.93. The summed E-state index contributed by atoms with van der Waals surface area (Å²) >= 11 is 1.97. The van der Waals surface area contributed by atoms with Crippen molar-refractivity contribution in [3.63, 3.8) is 0 Å². The summed E-state index contributed by atoms with van der Waals surface area (Å²) in [5.41, 5.74) is 0. The third-order valence-electron chi connectivity index (χ3n) is 2.61. The number of hydrogen-bond acceptors (Lipinski definition) is 3. The van der Waals surface area contributed by atoms with E-state index in [0.29, 0.717) is 0 Å². The van der Waals surface area contributed by atoms with Crippen molar-refractivity contribution in [2.24, 2.45) is 0 Å². The Morgan fingerprint density at radius 3 is 2.73 bits per heavy atom. The average Bonchev–Trinajstić information content (AvgIpc) is 2.31. The zero-order valence-electron chi connectivity index (χ0n) is 9.03. The van der Waals surface area contributed by atoms with E-state index in [-0.39, 0.29) is 0 Å². The minimum Gasteiger partial charge on any atom is -0.497 e. The van der Waals surface area contributed by atoms with Crippen LogP contribution in [0.4, 0.5) is 0 Å². The summed E-state index contributed by atoms with van der Waals surface area (Å²) in [5.74, 6) is 0.932. The Kier molecular flexibility index (Phi) is 3.92. The second-order valence-corrected chi connectivity index (χ2v) is 5.14. The van der Waals surface area contributed by atoms with Crippen molar-refractivity contribution in [3.8, 4) is 5.75 Å². The smallest absolute Gasteiger partial charge is 0.118 e. The fraction of sp³-hybridized carbons (Fsp3) is 0.500. The second-order valence-electron chi connectivity index (χ2n) is 3.76. The van der Waals surface area contributed by atoms with Crippen LogP contribution in [0.3, 0.4) is 0 Å². The van der Waals surface area contributed by atoms with Crippen LogP contribution in [0.15, 0.2) is 29.2 Å². The van der Waals surface area contributed by atoms with Crippen molar-refractivity contribution >= 4 is 11.8 Å². The number of thioether (sulfide) groups is 1. The Balaban J connectivity index is 1.91. The van der Waals surface area contributed by atoms with E-state index < -0.39 is 0 Å². The maximum absolute atomic E-state index is 5.14. The fourth-order valence-electron chi connectivity index (χ4n) is 1.77. The summed E-state index contributed by atoms with van der Waals surface area (Å²) in [6.45, 7) is 2.32. The van der Waals surface area contributed by atoms with Crippen LogP contribution in [0.1, 0.15) is 12.8 Å². The van der Waals surface area contributed by atoms with E-state index >= 15 is 0 Å². The van der Waals surface area contributed by atoms with Gasteiger partial charge in [-0.15, -0.1) is 11.8 Å². The van der Waals surface area contributed by atoms with Gasteiger partial charge in [0.15, 0.2) is 0 Å². The molecule has 3 heteroatoms. The molecule has 1 aliphatic heterocycles. The van der Waals surface area contributed by atoms with Gasteiger partial charge in [0.1, 0.15) is 5.75 Å². The molecule has 1 aromatic rings. The highest BCUT2D eigenvalue weighted by atomic mass is 32.2. The largest absolute Gasteiger partial charge is 0.497 e. The van der Waals surface area contributed by atoms with Gasteiger partial charge in [-0.3, -0.25) is 0 Å². The second kappa shape index (κ2) is 5.42. The van der Waals surface area contributed by atoms with Gasteiger partial charge in [0.25, 0.3) is 0 Å². The predicted molar refractivity (Wildman–Crippen MR) is 64.7 cm³/mol. The highest BCUT2D eigenvalue weighted by Gasteiger charge is 2.13. The van der Waals surface area contributed by atoms with E-state index in [1.807, 2.05) is 23.9 Å². The molecule has 2 nitrogen and oxygen atoms in total. The summed E-state index contributed by atoms with van der Waals surface area (Å²) in [4.78, 5) is 1.34. The highest BCUT2D eigenvalue weighted by molar-refractivity contribution is 8.00. The molecule has 0 aliphatic carbocycles. The van der Waals surface area contributed by atoms with E-state index in [9.17, 15) is 0 Å². The third kappa shape index (κ3) is 3.14. The zero-order valence-corrected chi connectivity index (χ0v) is 9.85. The molecule has 0 unspecified atom stereocenters. The summed E-state index contributed by atoms with van der Waals surface area (Å²) in [6, 6.07) is 8.33. The lowest BCUT2D eigenvalue weighted by Gasteiger charge is -2.22. The average molecular weight is 223 g/mol. The first-order chi connectivity index (χ1) is 7.38. The molecule has 1 N–H and O–H groups in total. The molecule has 1 heterocycles. The van der Waals surface area contributed by atoms with Crippen LogP contribution in [0.2, 0.25) is 0 Å². The van der Waals surface area contributed by atoms with Gasteiger partial charge in [0, 0.05) is 16.7 Å². The minimum absolute atomic E-state index is 0.729. The standard InChI is InChI=1S/C12H17NOS/c1-14-10-4-6-11(7-5-10)15-12-3-2-8-13-9-12/h4-7,12-13H,2-3,8-9H2,1H3/t12-/m1/s1. The van der Waals surface area contributed by atoms with Crippen LogP contribution < -0.4 is 10.1 Å². The van der Waals surface area contributed by atoms with Crippen molar-refractivity contribution in [3.05, 3.63) is 24.3 Å². The van der Waals surface area contributed by atoms with E-state index in [2.05, 4.69) is 17.4 Å². The van der Waals surface area contributed by atoms with Crippen LogP contribution >= 0.6 is 11.8 Å². The molecule has 1 atom stereocenters. The first-order valence-electron chi connectivity index (χ1n) is 5.40. The van der Waals surface area contributed by atoms with Gasteiger partial charge in [0.2, 0.25) is 0 Å².